The van der Waals surface area contributed by atoms with E-state index in [1.807, 2.05) is 6.07 Å². The van der Waals surface area contributed by atoms with Crippen LogP contribution in [0.5, 0.6) is 0 Å². The van der Waals surface area contributed by atoms with Crippen molar-refractivity contribution < 1.29 is 9.59 Å². The zero-order valence-corrected chi connectivity index (χ0v) is 14.2. The lowest BCUT2D eigenvalue weighted by Crippen LogP contribution is -2.40. The molecular formula is C18H17ClN4O2. The van der Waals surface area contributed by atoms with Crippen LogP contribution in [0, 0.1) is 11.3 Å². The molecule has 2 aromatic rings. The Hall–Kier alpha value is -2.65. The fraction of sp³-hybridized carbons (Fsp3) is 0.333. The molecule has 1 aromatic heterocycles. The van der Waals surface area contributed by atoms with Crippen LogP contribution in [-0.2, 0) is 4.79 Å². The fourth-order valence-electron chi connectivity index (χ4n) is 3.12. The van der Waals surface area contributed by atoms with Gasteiger partial charge in [-0.05, 0) is 48.9 Å². The number of aromatic nitrogens is 1. The summed E-state index contributed by atoms with van der Waals surface area (Å²) in [5.74, 6) is -0.0103. The first-order chi connectivity index (χ1) is 11.7. The predicted molar refractivity (Wildman–Crippen MR) is 94.6 cm³/mol. The second-order valence-corrected chi connectivity index (χ2v) is 6.35. The van der Waals surface area contributed by atoms with Gasteiger partial charge in [-0.15, -0.1) is 12.4 Å². The topological polar surface area (TPSA) is 94.9 Å². The quantitative estimate of drug-likeness (QED) is 0.879. The van der Waals surface area contributed by atoms with Crippen LogP contribution in [0.3, 0.4) is 0 Å². The van der Waals surface area contributed by atoms with Crippen LogP contribution in [0.2, 0.25) is 0 Å². The molecule has 6 nitrogen and oxygen atoms in total. The van der Waals surface area contributed by atoms with Crippen molar-refractivity contribution in [3.8, 4) is 6.07 Å². The molecule has 2 amide bonds. The Morgan fingerprint density at radius 3 is 2.72 bits per heavy atom. The largest absolute Gasteiger partial charge is 0.354 e. The molecule has 128 valence electrons. The summed E-state index contributed by atoms with van der Waals surface area (Å²) in [6, 6.07) is 7.24. The molecule has 1 aliphatic heterocycles. The van der Waals surface area contributed by atoms with Crippen LogP contribution in [0.1, 0.15) is 46.7 Å². The number of hydrogen-bond donors (Lipinski definition) is 2. The van der Waals surface area contributed by atoms with Gasteiger partial charge in [-0.1, -0.05) is 0 Å². The average molecular weight is 357 g/mol. The summed E-state index contributed by atoms with van der Waals surface area (Å²) in [6.45, 7) is 0.579. The van der Waals surface area contributed by atoms with Gasteiger partial charge in [0.25, 0.3) is 5.91 Å². The van der Waals surface area contributed by atoms with Crippen molar-refractivity contribution in [2.45, 2.75) is 31.2 Å². The predicted octanol–water partition coefficient (Wildman–Crippen LogP) is 2.02. The second-order valence-electron chi connectivity index (χ2n) is 6.35. The minimum atomic E-state index is -0.486. The molecule has 2 N–H and O–H groups in total. The lowest BCUT2D eigenvalue weighted by Gasteiger charge is -2.11. The normalized spacial score (nSPS) is 19.0. The number of halogens is 1. The third kappa shape index (κ3) is 3.28. The van der Waals surface area contributed by atoms with E-state index in [0.717, 1.165) is 29.3 Å². The minimum absolute atomic E-state index is 0. The molecule has 25 heavy (non-hydrogen) atoms. The third-order valence-corrected chi connectivity index (χ3v) is 4.61. The van der Waals surface area contributed by atoms with Crippen molar-refractivity contribution in [3.63, 3.8) is 0 Å². The molecule has 0 radical (unpaired) electrons. The number of rotatable bonds is 3. The molecule has 2 heterocycles. The zero-order chi connectivity index (χ0) is 16.7. The Kier molecular flexibility index (Phi) is 4.60. The maximum atomic E-state index is 12.3. The summed E-state index contributed by atoms with van der Waals surface area (Å²) in [5, 5.41) is 15.5. The Balaban J connectivity index is 0.00000182. The van der Waals surface area contributed by atoms with Crippen molar-refractivity contribution in [3.05, 3.63) is 41.1 Å². The maximum absolute atomic E-state index is 12.3. The van der Waals surface area contributed by atoms with E-state index in [1.54, 1.807) is 12.1 Å². The number of benzene rings is 1. The smallest absolute Gasteiger partial charge is 0.253 e. The van der Waals surface area contributed by atoms with Crippen molar-refractivity contribution in [2.24, 2.45) is 0 Å². The van der Waals surface area contributed by atoms with Crippen molar-refractivity contribution in [1.82, 2.24) is 15.6 Å². The summed E-state index contributed by atoms with van der Waals surface area (Å²) in [6.07, 6.45) is 4.34. The third-order valence-electron chi connectivity index (χ3n) is 4.61. The number of pyridine rings is 1. The van der Waals surface area contributed by atoms with Gasteiger partial charge in [-0.25, -0.2) is 0 Å². The van der Waals surface area contributed by atoms with Gasteiger partial charge in [0.15, 0.2) is 0 Å². The molecule has 2 aliphatic rings. The number of carbonyl (C=O) groups is 2. The van der Waals surface area contributed by atoms with E-state index < -0.39 is 6.04 Å². The monoisotopic (exact) mass is 356 g/mol. The molecule has 1 saturated carbocycles. The summed E-state index contributed by atoms with van der Waals surface area (Å²) in [7, 11) is 0. The number of nitriles is 1. The van der Waals surface area contributed by atoms with E-state index in [-0.39, 0.29) is 24.2 Å². The van der Waals surface area contributed by atoms with E-state index in [0.29, 0.717) is 30.0 Å². The molecule has 0 bridgehead atoms. The Morgan fingerprint density at radius 1 is 1.28 bits per heavy atom. The minimum Gasteiger partial charge on any atom is -0.354 e. The number of nitrogens with one attached hydrogen (secondary N) is 2. The van der Waals surface area contributed by atoms with Crippen molar-refractivity contribution >= 4 is 35.1 Å². The van der Waals surface area contributed by atoms with Gasteiger partial charge in [0.2, 0.25) is 5.91 Å². The van der Waals surface area contributed by atoms with Crippen LogP contribution in [0.15, 0.2) is 24.4 Å². The van der Waals surface area contributed by atoms with Crippen LogP contribution >= 0.6 is 12.4 Å². The average Bonchev–Trinajstić information content (AvgIpc) is 3.37. The second kappa shape index (κ2) is 6.69. The number of hydrogen-bond acceptors (Lipinski definition) is 4. The lowest BCUT2D eigenvalue weighted by atomic mass is 10.00. The first-order valence-corrected chi connectivity index (χ1v) is 8.08. The fourth-order valence-corrected chi connectivity index (χ4v) is 3.12. The van der Waals surface area contributed by atoms with Gasteiger partial charge in [-0.2, -0.15) is 5.26 Å². The van der Waals surface area contributed by atoms with Crippen molar-refractivity contribution in [1.29, 1.82) is 5.26 Å². The van der Waals surface area contributed by atoms with Gasteiger partial charge >= 0.3 is 0 Å². The van der Waals surface area contributed by atoms with Crippen LogP contribution in [-0.4, -0.2) is 29.4 Å². The number of carbonyl (C=O) groups excluding carboxylic acids is 2. The Labute approximate surface area is 151 Å². The summed E-state index contributed by atoms with van der Waals surface area (Å²) < 4.78 is 0. The number of amides is 2. The van der Waals surface area contributed by atoms with Gasteiger partial charge in [-0.3, -0.25) is 14.6 Å². The molecule has 1 aromatic carbocycles. The summed E-state index contributed by atoms with van der Waals surface area (Å²) in [5.41, 5.74) is 2.88. The standard InChI is InChI=1S/C18H16N4O2.ClH/c19-8-12-5-11-6-13(17(23)22-15-3-4-20-18(15)24)9-21-16(11)7-14(12)10-1-2-10;/h5-7,9-10,15H,1-4H2,(H,20,24)(H,22,23);1H. The highest BCUT2D eigenvalue weighted by molar-refractivity contribution is 6.00. The highest BCUT2D eigenvalue weighted by Crippen LogP contribution is 2.42. The highest BCUT2D eigenvalue weighted by atomic mass is 35.5. The summed E-state index contributed by atoms with van der Waals surface area (Å²) >= 11 is 0. The molecule has 0 spiro atoms. The molecule has 1 saturated heterocycles. The number of fused-ring (bicyclic) bond motifs is 1. The van der Waals surface area contributed by atoms with Crippen LogP contribution in [0.4, 0.5) is 0 Å². The SMILES string of the molecule is Cl.N#Cc1cc2cc(C(=O)NC3CCNC3=O)cnc2cc1C1CC1. The van der Waals surface area contributed by atoms with Crippen LogP contribution in [0.25, 0.3) is 10.9 Å². The van der Waals surface area contributed by atoms with Gasteiger partial charge in [0, 0.05) is 18.1 Å². The van der Waals surface area contributed by atoms with E-state index in [2.05, 4.69) is 21.7 Å². The molecule has 1 unspecified atom stereocenters. The van der Waals surface area contributed by atoms with Crippen LogP contribution < -0.4 is 10.6 Å². The lowest BCUT2D eigenvalue weighted by molar-refractivity contribution is -0.120. The van der Waals surface area contributed by atoms with Crippen molar-refractivity contribution in [2.75, 3.05) is 6.54 Å². The Morgan fingerprint density at radius 2 is 2.08 bits per heavy atom. The first kappa shape index (κ1) is 17.2. The first-order valence-electron chi connectivity index (χ1n) is 8.08. The molecule has 1 atom stereocenters. The zero-order valence-electron chi connectivity index (χ0n) is 13.4. The Bertz CT molecular complexity index is 902. The molecular weight excluding hydrogens is 340 g/mol. The highest BCUT2D eigenvalue weighted by Gasteiger charge is 2.28. The van der Waals surface area contributed by atoms with E-state index >= 15 is 0 Å². The number of nitrogens with zero attached hydrogens (tertiary/aromatic N) is 2. The maximum Gasteiger partial charge on any atom is 0.253 e. The van der Waals surface area contributed by atoms with E-state index in [4.69, 9.17) is 0 Å². The van der Waals surface area contributed by atoms with E-state index in [9.17, 15) is 14.9 Å². The molecule has 7 heteroatoms. The molecule has 1 aliphatic carbocycles. The summed E-state index contributed by atoms with van der Waals surface area (Å²) in [4.78, 5) is 28.3. The van der Waals surface area contributed by atoms with E-state index in [1.165, 1.54) is 6.20 Å². The molecule has 2 fully saturated rings. The molecule has 4 rings (SSSR count). The van der Waals surface area contributed by atoms with Gasteiger partial charge < -0.3 is 10.6 Å². The van der Waals surface area contributed by atoms with Gasteiger partial charge in [0.1, 0.15) is 6.04 Å². The van der Waals surface area contributed by atoms with Gasteiger partial charge in [0.05, 0.1) is 22.7 Å².